The lowest BCUT2D eigenvalue weighted by atomic mass is 9.88. The van der Waals surface area contributed by atoms with Gasteiger partial charge in [0.05, 0.1) is 0 Å². The molecule has 1 aliphatic rings. The Morgan fingerprint density at radius 1 is 0.784 bits per heavy atom. The van der Waals surface area contributed by atoms with Gasteiger partial charge in [0.1, 0.15) is 24.2 Å². The Morgan fingerprint density at radius 3 is 1.95 bits per heavy atom. The molecule has 0 aliphatic carbocycles. The maximum Gasteiger partial charge on any atom is 0.188 e. The lowest BCUT2D eigenvalue weighted by Crippen LogP contribution is -2.38. The molecule has 1 saturated heterocycles. The molecule has 1 atom stereocenters. The third-order valence-electron chi connectivity index (χ3n) is 6.77. The summed E-state index contributed by atoms with van der Waals surface area (Å²) in [7, 11) is 1.62. The number of methoxy groups -OCH3 is 1. The van der Waals surface area contributed by atoms with E-state index in [-0.39, 0.29) is 6.79 Å². The van der Waals surface area contributed by atoms with E-state index in [2.05, 4.69) is 60.4 Å². The van der Waals surface area contributed by atoms with Gasteiger partial charge in [-0.05, 0) is 84.5 Å². The number of benzene rings is 3. The second kappa shape index (κ2) is 14.0. The number of ether oxygens (including phenoxy) is 3. The molecule has 0 amide bonds. The Balaban J connectivity index is 1.54. The summed E-state index contributed by atoms with van der Waals surface area (Å²) < 4.78 is 16.6. The smallest absolute Gasteiger partial charge is 0.188 e. The Hall–Kier alpha value is -3.12. The van der Waals surface area contributed by atoms with Crippen LogP contribution in [0.1, 0.15) is 49.3 Å². The van der Waals surface area contributed by atoms with Gasteiger partial charge in [-0.3, -0.25) is 0 Å². The topological polar surface area (TPSA) is 51.2 Å². The number of rotatable bonds is 12. The van der Waals surface area contributed by atoms with E-state index in [1.54, 1.807) is 7.11 Å². The molecule has 1 aliphatic heterocycles. The largest absolute Gasteiger partial charge is 0.491 e. The first-order valence-electron chi connectivity index (χ1n) is 13.3. The highest BCUT2D eigenvalue weighted by Gasteiger charge is 2.16. The number of likely N-dealkylation sites (tertiary alicyclic amines) is 1. The van der Waals surface area contributed by atoms with Gasteiger partial charge in [0.15, 0.2) is 6.79 Å². The van der Waals surface area contributed by atoms with Crippen LogP contribution in [-0.2, 0) is 4.74 Å². The molecule has 0 radical (unpaired) electrons. The SMILES string of the molecule is CC/C(=C(\c1ccc(OCOC)cc1)c1ccc(OCC(O)CN2CCCCC2)cc1)c1ccccc1. The first kappa shape index (κ1) is 26.9. The number of hydrogen-bond donors (Lipinski definition) is 1. The van der Waals surface area contributed by atoms with Crippen LogP contribution < -0.4 is 9.47 Å². The van der Waals surface area contributed by atoms with Crippen LogP contribution >= 0.6 is 0 Å². The van der Waals surface area contributed by atoms with Crippen molar-refractivity contribution in [2.45, 2.75) is 38.7 Å². The number of hydrogen-bond acceptors (Lipinski definition) is 5. The molecular weight excluding hydrogens is 462 g/mol. The summed E-state index contributed by atoms with van der Waals surface area (Å²) >= 11 is 0. The van der Waals surface area contributed by atoms with E-state index in [4.69, 9.17) is 14.2 Å². The Labute approximate surface area is 221 Å². The van der Waals surface area contributed by atoms with Gasteiger partial charge in [0.2, 0.25) is 0 Å². The molecule has 37 heavy (non-hydrogen) atoms. The van der Waals surface area contributed by atoms with Gasteiger partial charge in [-0.1, -0.05) is 67.9 Å². The third kappa shape index (κ3) is 7.68. The molecule has 196 valence electrons. The van der Waals surface area contributed by atoms with Gasteiger partial charge < -0.3 is 24.2 Å². The van der Waals surface area contributed by atoms with Gasteiger partial charge in [-0.15, -0.1) is 0 Å². The lowest BCUT2D eigenvalue weighted by Gasteiger charge is -2.28. The van der Waals surface area contributed by atoms with Crippen LogP contribution in [0, 0.1) is 0 Å². The van der Waals surface area contributed by atoms with Crippen molar-refractivity contribution in [3.63, 3.8) is 0 Å². The summed E-state index contributed by atoms with van der Waals surface area (Å²) in [6.45, 7) is 5.53. The molecule has 0 aromatic heterocycles. The quantitative estimate of drug-likeness (QED) is 0.234. The van der Waals surface area contributed by atoms with Crippen molar-refractivity contribution in [2.24, 2.45) is 0 Å². The summed E-state index contributed by atoms with van der Waals surface area (Å²) in [5.74, 6) is 1.54. The van der Waals surface area contributed by atoms with Gasteiger partial charge in [0.25, 0.3) is 0 Å². The molecule has 1 unspecified atom stereocenters. The Morgan fingerprint density at radius 2 is 1.38 bits per heavy atom. The minimum Gasteiger partial charge on any atom is -0.491 e. The molecule has 3 aromatic rings. The standard InChI is InChI=1S/C32H39NO4/c1-3-31(25-10-6-4-7-11-25)32(27-14-18-30(19-15-27)37-24-35-2)26-12-16-29(17-13-26)36-23-28(34)22-33-20-8-5-9-21-33/h4,6-7,10-19,28,34H,3,5,8-9,20-24H2,1-2H3/b32-31+. The van der Waals surface area contributed by atoms with E-state index in [9.17, 15) is 5.11 Å². The maximum absolute atomic E-state index is 10.5. The van der Waals surface area contributed by atoms with Crippen molar-refractivity contribution in [3.8, 4) is 11.5 Å². The van der Waals surface area contributed by atoms with E-state index in [0.29, 0.717) is 13.2 Å². The molecule has 1 N–H and O–H groups in total. The van der Waals surface area contributed by atoms with Gasteiger partial charge in [-0.25, -0.2) is 0 Å². The normalized spacial score (nSPS) is 15.6. The van der Waals surface area contributed by atoms with Crippen LogP contribution in [0.25, 0.3) is 11.1 Å². The fourth-order valence-electron chi connectivity index (χ4n) is 4.93. The zero-order valence-corrected chi connectivity index (χ0v) is 22.1. The summed E-state index contributed by atoms with van der Waals surface area (Å²) in [5.41, 5.74) is 5.91. The maximum atomic E-state index is 10.5. The fourth-order valence-corrected chi connectivity index (χ4v) is 4.93. The van der Waals surface area contributed by atoms with Crippen LogP contribution in [0.5, 0.6) is 11.5 Å². The molecule has 0 saturated carbocycles. The van der Waals surface area contributed by atoms with Crippen molar-refractivity contribution in [3.05, 3.63) is 95.6 Å². The van der Waals surface area contributed by atoms with Crippen molar-refractivity contribution >= 4 is 11.1 Å². The van der Waals surface area contributed by atoms with Crippen LogP contribution in [0.3, 0.4) is 0 Å². The summed E-state index contributed by atoms with van der Waals surface area (Å²) in [6.07, 6.45) is 4.13. The van der Waals surface area contributed by atoms with E-state index in [1.165, 1.54) is 36.0 Å². The summed E-state index contributed by atoms with van der Waals surface area (Å²) in [6, 6.07) is 26.9. The number of nitrogens with zero attached hydrogens (tertiary/aromatic N) is 1. The molecule has 0 bridgehead atoms. The van der Waals surface area contributed by atoms with Gasteiger partial charge >= 0.3 is 0 Å². The second-order valence-electron chi connectivity index (χ2n) is 9.50. The third-order valence-corrected chi connectivity index (χ3v) is 6.77. The molecule has 1 fully saturated rings. The summed E-state index contributed by atoms with van der Waals surface area (Å²) in [4.78, 5) is 2.33. The number of aliphatic hydroxyl groups is 1. The number of aliphatic hydroxyl groups excluding tert-OH is 1. The van der Waals surface area contributed by atoms with Crippen molar-refractivity contribution in [2.75, 3.05) is 40.1 Å². The monoisotopic (exact) mass is 501 g/mol. The van der Waals surface area contributed by atoms with Crippen molar-refractivity contribution < 1.29 is 19.3 Å². The first-order valence-corrected chi connectivity index (χ1v) is 13.3. The van der Waals surface area contributed by atoms with Gasteiger partial charge in [0, 0.05) is 13.7 Å². The minimum absolute atomic E-state index is 0.223. The molecule has 5 nitrogen and oxygen atoms in total. The minimum atomic E-state index is -0.489. The van der Waals surface area contributed by atoms with Crippen molar-refractivity contribution in [1.82, 2.24) is 4.90 Å². The molecule has 0 spiro atoms. The number of β-amino-alcohol motifs (C(OH)–C–C–N with tert-alkyl or cyclic N) is 1. The Kier molecular flexibility index (Phi) is 10.2. The predicted molar refractivity (Wildman–Crippen MR) is 150 cm³/mol. The highest BCUT2D eigenvalue weighted by molar-refractivity contribution is 5.98. The van der Waals surface area contributed by atoms with E-state index >= 15 is 0 Å². The van der Waals surface area contributed by atoms with Crippen LogP contribution in [-0.4, -0.2) is 56.3 Å². The van der Waals surface area contributed by atoms with Crippen molar-refractivity contribution in [1.29, 1.82) is 0 Å². The van der Waals surface area contributed by atoms with Crippen LogP contribution in [0.2, 0.25) is 0 Å². The molecule has 4 rings (SSSR count). The van der Waals surface area contributed by atoms with E-state index in [0.717, 1.165) is 42.1 Å². The van der Waals surface area contributed by atoms with E-state index < -0.39 is 6.10 Å². The molecular formula is C32H39NO4. The molecule has 5 heteroatoms. The Bertz CT molecular complexity index is 1100. The zero-order valence-electron chi connectivity index (χ0n) is 22.1. The molecule has 1 heterocycles. The predicted octanol–water partition coefficient (Wildman–Crippen LogP) is 6.26. The molecule has 3 aromatic carbocycles. The van der Waals surface area contributed by atoms with Crippen LogP contribution in [0.4, 0.5) is 0 Å². The average molecular weight is 502 g/mol. The fraction of sp³-hybridized carbons (Fsp3) is 0.375. The number of piperidine rings is 1. The highest BCUT2D eigenvalue weighted by atomic mass is 16.7. The van der Waals surface area contributed by atoms with E-state index in [1.807, 2.05) is 30.3 Å². The average Bonchev–Trinajstić information content (AvgIpc) is 2.95. The number of allylic oxidation sites excluding steroid dienone is 1. The first-order chi connectivity index (χ1) is 18.2. The van der Waals surface area contributed by atoms with Crippen LogP contribution in [0.15, 0.2) is 78.9 Å². The second-order valence-corrected chi connectivity index (χ2v) is 9.50. The lowest BCUT2D eigenvalue weighted by molar-refractivity contribution is 0.0511. The van der Waals surface area contributed by atoms with Gasteiger partial charge in [-0.2, -0.15) is 0 Å². The zero-order chi connectivity index (χ0) is 25.9. The highest BCUT2D eigenvalue weighted by Crippen LogP contribution is 2.35. The summed E-state index contributed by atoms with van der Waals surface area (Å²) in [5, 5.41) is 10.5.